The lowest BCUT2D eigenvalue weighted by Gasteiger charge is -2.33. The first-order valence-corrected chi connectivity index (χ1v) is 10.3. The maximum Gasteiger partial charge on any atom is 0.270 e. The highest BCUT2D eigenvalue weighted by atomic mass is 16.6. The van der Waals surface area contributed by atoms with E-state index in [1.807, 2.05) is 0 Å². The fraction of sp³-hybridized carbons (Fsp3) is 0.348. The summed E-state index contributed by atoms with van der Waals surface area (Å²) < 4.78 is 5.11. The van der Waals surface area contributed by atoms with Gasteiger partial charge in [-0.05, 0) is 50.1 Å². The summed E-state index contributed by atoms with van der Waals surface area (Å²) in [5.41, 5.74) is 0.538. The molecule has 1 heterocycles. The molecule has 9 nitrogen and oxygen atoms in total. The summed E-state index contributed by atoms with van der Waals surface area (Å²) >= 11 is 0. The molecule has 0 unspecified atom stereocenters. The number of nitro groups is 1. The summed E-state index contributed by atoms with van der Waals surface area (Å²) in [5, 5.41) is 13.5. The fourth-order valence-electron chi connectivity index (χ4n) is 3.73. The average molecular weight is 439 g/mol. The van der Waals surface area contributed by atoms with Crippen LogP contribution in [0.2, 0.25) is 0 Å². The molecular formula is C23H25N3O6. The molecule has 0 aromatic heterocycles. The molecule has 0 radical (unpaired) electrons. The van der Waals surface area contributed by atoms with Gasteiger partial charge in [-0.1, -0.05) is 6.07 Å². The third-order valence-corrected chi connectivity index (χ3v) is 5.59. The summed E-state index contributed by atoms with van der Waals surface area (Å²) in [6.45, 7) is 2.41. The largest absolute Gasteiger partial charge is 0.497 e. The zero-order chi connectivity index (χ0) is 23.3. The topological polar surface area (TPSA) is 119 Å². The zero-order valence-electron chi connectivity index (χ0n) is 17.9. The number of nitrogens with zero attached hydrogens (tertiary/aromatic N) is 2. The van der Waals surface area contributed by atoms with Crippen LogP contribution in [0.1, 0.15) is 40.5 Å². The SMILES string of the molecule is COc1ccc(C(=O)C2CCN(C(=O)[C@@H](C)NC(=O)c3cccc([N+](=O)[O-])c3)CC2)cc1. The van der Waals surface area contributed by atoms with Crippen LogP contribution in [0.5, 0.6) is 5.75 Å². The first-order valence-electron chi connectivity index (χ1n) is 10.3. The number of ketones is 1. The second-order valence-corrected chi connectivity index (χ2v) is 7.69. The number of hydrogen-bond donors (Lipinski definition) is 1. The summed E-state index contributed by atoms with van der Waals surface area (Å²) in [6.07, 6.45) is 1.09. The van der Waals surface area contributed by atoms with Crippen LogP contribution in [0.3, 0.4) is 0 Å². The molecular weight excluding hydrogens is 414 g/mol. The van der Waals surface area contributed by atoms with Gasteiger partial charge in [-0.15, -0.1) is 0 Å². The number of methoxy groups -OCH3 is 1. The quantitative estimate of drug-likeness (QED) is 0.403. The van der Waals surface area contributed by atoms with Crippen LogP contribution in [0.25, 0.3) is 0 Å². The smallest absolute Gasteiger partial charge is 0.270 e. The van der Waals surface area contributed by atoms with E-state index in [0.29, 0.717) is 37.2 Å². The van der Waals surface area contributed by atoms with Crippen molar-refractivity contribution in [2.75, 3.05) is 20.2 Å². The van der Waals surface area contributed by atoms with Gasteiger partial charge in [-0.25, -0.2) is 0 Å². The van der Waals surface area contributed by atoms with Crippen LogP contribution >= 0.6 is 0 Å². The second kappa shape index (κ2) is 10.0. The Morgan fingerprint density at radius 1 is 1.09 bits per heavy atom. The minimum absolute atomic E-state index is 0.0479. The van der Waals surface area contributed by atoms with Crippen molar-refractivity contribution in [3.8, 4) is 5.75 Å². The molecule has 1 aliphatic heterocycles. The van der Waals surface area contributed by atoms with Crippen molar-refractivity contribution < 1.29 is 24.0 Å². The first-order chi connectivity index (χ1) is 15.3. The average Bonchev–Trinajstić information content (AvgIpc) is 2.83. The Morgan fingerprint density at radius 2 is 1.75 bits per heavy atom. The second-order valence-electron chi connectivity index (χ2n) is 7.69. The summed E-state index contributed by atoms with van der Waals surface area (Å²) in [5.74, 6) is -0.240. The van der Waals surface area contributed by atoms with Gasteiger partial charge in [0.1, 0.15) is 11.8 Å². The lowest BCUT2D eigenvalue weighted by molar-refractivity contribution is -0.384. The highest BCUT2D eigenvalue weighted by Crippen LogP contribution is 2.23. The number of non-ortho nitro benzene ring substituents is 1. The molecule has 0 aliphatic carbocycles. The molecule has 1 saturated heterocycles. The molecule has 2 amide bonds. The van der Waals surface area contributed by atoms with E-state index in [1.54, 1.807) is 43.2 Å². The van der Waals surface area contributed by atoms with Gasteiger partial charge in [0.15, 0.2) is 5.78 Å². The Hall–Kier alpha value is -3.75. The molecule has 1 fully saturated rings. The molecule has 2 aromatic rings. The summed E-state index contributed by atoms with van der Waals surface area (Å²) in [6, 6.07) is 11.5. The number of rotatable bonds is 7. The summed E-state index contributed by atoms with van der Waals surface area (Å²) in [7, 11) is 1.57. The van der Waals surface area contributed by atoms with E-state index in [9.17, 15) is 24.5 Å². The summed E-state index contributed by atoms with van der Waals surface area (Å²) in [4.78, 5) is 49.8. The van der Waals surface area contributed by atoms with E-state index in [4.69, 9.17) is 4.74 Å². The predicted octanol–water partition coefficient (Wildman–Crippen LogP) is 2.84. The van der Waals surface area contributed by atoms with Crippen LogP contribution in [0.4, 0.5) is 5.69 Å². The minimum atomic E-state index is -0.796. The standard InChI is InChI=1S/C23H25N3O6/c1-15(24-22(28)18-4-3-5-19(14-18)26(30)31)23(29)25-12-10-17(11-13-25)21(27)16-6-8-20(32-2)9-7-16/h3-9,14-15,17H,10-13H2,1-2H3,(H,24,28)/t15-/m1/s1. The lowest BCUT2D eigenvalue weighted by atomic mass is 9.88. The van der Waals surface area contributed by atoms with Crippen LogP contribution in [-0.2, 0) is 4.79 Å². The number of likely N-dealkylation sites (tertiary alicyclic amines) is 1. The van der Waals surface area contributed by atoms with Crippen LogP contribution < -0.4 is 10.1 Å². The number of nitrogens with one attached hydrogen (secondary N) is 1. The molecule has 3 rings (SSSR count). The van der Waals surface area contributed by atoms with Crippen LogP contribution in [0, 0.1) is 16.0 Å². The van der Waals surface area contributed by atoms with Crippen molar-refractivity contribution in [2.24, 2.45) is 5.92 Å². The molecule has 0 saturated carbocycles. The molecule has 9 heteroatoms. The number of nitro benzene ring substituents is 1. The first kappa shape index (κ1) is 22.9. The number of ether oxygens (including phenoxy) is 1. The number of piperidine rings is 1. The highest BCUT2D eigenvalue weighted by Gasteiger charge is 2.30. The van der Waals surface area contributed by atoms with E-state index >= 15 is 0 Å². The van der Waals surface area contributed by atoms with Gasteiger partial charge in [-0.2, -0.15) is 0 Å². The highest BCUT2D eigenvalue weighted by molar-refractivity contribution is 5.99. The molecule has 0 bridgehead atoms. The Morgan fingerprint density at radius 3 is 2.34 bits per heavy atom. The predicted molar refractivity (Wildman–Crippen MR) is 117 cm³/mol. The van der Waals surface area contributed by atoms with Gasteiger partial charge in [0.25, 0.3) is 11.6 Å². The zero-order valence-corrected chi connectivity index (χ0v) is 17.9. The number of amides is 2. The van der Waals surface area contributed by atoms with Gasteiger partial charge in [0.2, 0.25) is 5.91 Å². The molecule has 2 aromatic carbocycles. The van der Waals surface area contributed by atoms with Crippen molar-refractivity contribution >= 4 is 23.3 Å². The van der Waals surface area contributed by atoms with Crippen molar-refractivity contribution in [3.05, 3.63) is 69.8 Å². The molecule has 168 valence electrons. The maximum atomic E-state index is 12.8. The van der Waals surface area contributed by atoms with Crippen molar-refractivity contribution in [2.45, 2.75) is 25.8 Å². The van der Waals surface area contributed by atoms with Crippen LogP contribution in [-0.4, -0.2) is 53.7 Å². The van der Waals surface area contributed by atoms with E-state index in [2.05, 4.69) is 5.32 Å². The van der Waals surface area contributed by atoms with E-state index < -0.39 is 16.9 Å². The normalized spacial score (nSPS) is 15.0. The molecule has 1 atom stereocenters. The van der Waals surface area contributed by atoms with Crippen molar-refractivity contribution in [1.29, 1.82) is 0 Å². The molecule has 32 heavy (non-hydrogen) atoms. The molecule has 1 aliphatic rings. The van der Waals surface area contributed by atoms with Crippen LogP contribution in [0.15, 0.2) is 48.5 Å². The lowest BCUT2D eigenvalue weighted by Crippen LogP contribution is -2.49. The van der Waals surface area contributed by atoms with Gasteiger partial charge >= 0.3 is 0 Å². The van der Waals surface area contributed by atoms with E-state index in [1.165, 1.54) is 24.3 Å². The van der Waals surface area contributed by atoms with Gasteiger partial charge in [0, 0.05) is 42.3 Å². The third-order valence-electron chi connectivity index (χ3n) is 5.59. The molecule has 0 spiro atoms. The maximum absolute atomic E-state index is 12.8. The van der Waals surface area contributed by atoms with Gasteiger partial charge < -0.3 is 15.0 Å². The number of benzene rings is 2. The molecule has 1 N–H and O–H groups in total. The van der Waals surface area contributed by atoms with Crippen molar-refractivity contribution in [3.63, 3.8) is 0 Å². The number of carbonyl (C=O) groups excluding carboxylic acids is 3. The van der Waals surface area contributed by atoms with Crippen molar-refractivity contribution in [1.82, 2.24) is 10.2 Å². The fourth-order valence-corrected chi connectivity index (χ4v) is 3.73. The Kier molecular flexibility index (Phi) is 7.19. The Labute approximate surface area is 185 Å². The Balaban J connectivity index is 1.54. The number of carbonyl (C=O) groups is 3. The third kappa shape index (κ3) is 5.29. The van der Waals surface area contributed by atoms with Gasteiger partial charge in [-0.3, -0.25) is 24.5 Å². The van der Waals surface area contributed by atoms with E-state index in [-0.39, 0.29) is 28.9 Å². The Bertz CT molecular complexity index is 1010. The number of hydrogen-bond acceptors (Lipinski definition) is 6. The van der Waals surface area contributed by atoms with E-state index in [0.717, 1.165) is 0 Å². The monoisotopic (exact) mass is 439 g/mol. The minimum Gasteiger partial charge on any atom is -0.497 e. The van der Waals surface area contributed by atoms with Gasteiger partial charge in [0.05, 0.1) is 12.0 Å². The number of Topliss-reactive ketones (excluding diaryl/α,β-unsaturated/α-hetero) is 1.